The summed E-state index contributed by atoms with van der Waals surface area (Å²) in [7, 11) is 0. The Kier molecular flexibility index (Phi) is 7.42. The molecule has 174 valence electrons. The van der Waals surface area contributed by atoms with Gasteiger partial charge in [-0.25, -0.2) is 9.18 Å². The van der Waals surface area contributed by atoms with Gasteiger partial charge in [-0.1, -0.05) is 5.16 Å². The van der Waals surface area contributed by atoms with Crippen LogP contribution in [0.1, 0.15) is 60.0 Å². The Hall–Kier alpha value is -3.75. The summed E-state index contributed by atoms with van der Waals surface area (Å²) in [6.07, 6.45) is 2.97. The SMILES string of the molecule is CCOC(=O)c1c(/C=C/C(=O)NC(C)c2nc(-c3ccc(F)cc3)no2)c(C)n(CC)c1C. The standard InChI is InChI=1S/C24H27FN4O4/c1-6-29-15(4)19(21(16(29)5)24(31)32-7-2)12-13-20(30)26-14(3)23-27-22(28-33-23)17-8-10-18(25)11-9-17/h8-14H,6-7H2,1-5H3,(H,26,30)/b13-12+. The van der Waals surface area contributed by atoms with Crippen molar-refractivity contribution in [2.75, 3.05) is 6.61 Å². The van der Waals surface area contributed by atoms with Crippen LogP contribution in [0.2, 0.25) is 0 Å². The van der Waals surface area contributed by atoms with Crippen LogP contribution in [0, 0.1) is 19.7 Å². The van der Waals surface area contributed by atoms with Crippen LogP contribution in [0.5, 0.6) is 0 Å². The van der Waals surface area contributed by atoms with Crippen molar-refractivity contribution in [3.63, 3.8) is 0 Å². The number of carbonyl (C=O) groups excluding carboxylic acids is 2. The van der Waals surface area contributed by atoms with Gasteiger partial charge in [0.1, 0.15) is 11.9 Å². The monoisotopic (exact) mass is 454 g/mol. The van der Waals surface area contributed by atoms with Gasteiger partial charge in [0.15, 0.2) is 0 Å². The molecule has 1 N–H and O–H groups in total. The minimum absolute atomic E-state index is 0.215. The maximum atomic E-state index is 13.1. The molecule has 0 spiro atoms. The number of carbonyl (C=O) groups is 2. The number of hydrogen-bond acceptors (Lipinski definition) is 6. The van der Waals surface area contributed by atoms with Gasteiger partial charge in [0.2, 0.25) is 17.6 Å². The fourth-order valence-corrected chi connectivity index (χ4v) is 3.66. The lowest BCUT2D eigenvalue weighted by molar-refractivity contribution is -0.117. The smallest absolute Gasteiger partial charge is 0.340 e. The third-order valence-electron chi connectivity index (χ3n) is 5.30. The summed E-state index contributed by atoms with van der Waals surface area (Å²) < 4.78 is 25.6. The Labute approximate surface area is 191 Å². The largest absolute Gasteiger partial charge is 0.462 e. The Morgan fingerprint density at radius 1 is 1.21 bits per heavy atom. The van der Waals surface area contributed by atoms with E-state index >= 15 is 0 Å². The molecule has 0 bridgehead atoms. The van der Waals surface area contributed by atoms with Gasteiger partial charge in [0.25, 0.3) is 0 Å². The van der Waals surface area contributed by atoms with E-state index in [1.807, 2.05) is 25.3 Å². The highest BCUT2D eigenvalue weighted by Gasteiger charge is 2.22. The normalized spacial score (nSPS) is 12.2. The first-order valence-electron chi connectivity index (χ1n) is 10.7. The van der Waals surface area contributed by atoms with Gasteiger partial charge in [-0.15, -0.1) is 0 Å². The zero-order valence-corrected chi connectivity index (χ0v) is 19.3. The van der Waals surface area contributed by atoms with E-state index in [0.29, 0.717) is 29.1 Å². The molecular formula is C24H27FN4O4. The number of amides is 1. The molecule has 3 aromatic rings. The average Bonchev–Trinajstić information content (AvgIpc) is 3.36. The van der Waals surface area contributed by atoms with Gasteiger partial charge in [-0.05, 0) is 65.0 Å². The number of esters is 1. The van der Waals surface area contributed by atoms with Crippen molar-refractivity contribution in [2.45, 2.75) is 47.2 Å². The minimum Gasteiger partial charge on any atom is -0.462 e. The van der Waals surface area contributed by atoms with Crippen LogP contribution < -0.4 is 5.32 Å². The summed E-state index contributed by atoms with van der Waals surface area (Å²) in [6.45, 7) is 10.2. The fraction of sp³-hybridized carbons (Fsp3) is 0.333. The molecule has 1 aromatic carbocycles. The third kappa shape index (κ3) is 5.19. The van der Waals surface area contributed by atoms with Crippen LogP contribution in [0.3, 0.4) is 0 Å². The van der Waals surface area contributed by atoms with Gasteiger partial charge in [-0.2, -0.15) is 4.98 Å². The van der Waals surface area contributed by atoms with Crippen LogP contribution in [-0.2, 0) is 16.1 Å². The second-order valence-corrected chi connectivity index (χ2v) is 7.45. The second kappa shape index (κ2) is 10.2. The van der Waals surface area contributed by atoms with E-state index in [0.717, 1.165) is 11.4 Å². The number of nitrogens with one attached hydrogen (secondary N) is 1. The molecule has 1 amide bonds. The molecule has 8 nitrogen and oxygen atoms in total. The lowest BCUT2D eigenvalue weighted by atomic mass is 10.1. The summed E-state index contributed by atoms with van der Waals surface area (Å²) in [5, 5.41) is 6.65. The van der Waals surface area contributed by atoms with Crippen molar-refractivity contribution in [1.82, 2.24) is 20.0 Å². The van der Waals surface area contributed by atoms with Crippen LogP contribution >= 0.6 is 0 Å². The van der Waals surface area contributed by atoms with Crippen molar-refractivity contribution >= 4 is 18.0 Å². The summed E-state index contributed by atoms with van der Waals surface area (Å²) in [6, 6.07) is 5.15. The van der Waals surface area contributed by atoms with E-state index in [-0.39, 0.29) is 24.2 Å². The topological polar surface area (TPSA) is 99.2 Å². The maximum absolute atomic E-state index is 13.1. The van der Waals surface area contributed by atoms with Crippen LogP contribution in [0.15, 0.2) is 34.9 Å². The molecular weight excluding hydrogens is 427 g/mol. The third-order valence-corrected chi connectivity index (χ3v) is 5.30. The highest BCUT2D eigenvalue weighted by atomic mass is 19.1. The molecule has 0 aliphatic heterocycles. The summed E-state index contributed by atoms with van der Waals surface area (Å²) in [5.74, 6) is -0.654. The molecule has 0 aliphatic rings. The molecule has 9 heteroatoms. The first kappa shape index (κ1) is 23.9. The van der Waals surface area contributed by atoms with E-state index in [1.54, 1.807) is 32.1 Å². The molecule has 0 saturated carbocycles. The molecule has 1 atom stereocenters. The number of nitrogens with zero attached hydrogens (tertiary/aromatic N) is 3. The van der Waals surface area contributed by atoms with Crippen LogP contribution in [0.4, 0.5) is 4.39 Å². The van der Waals surface area contributed by atoms with E-state index in [4.69, 9.17) is 9.26 Å². The quantitative estimate of drug-likeness (QED) is 0.401. The lowest BCUT2D eigenvalue weighted by Gasteiger charge is -2.07. The van der Waals surface area contributed by atoms with E-state index in [1.165, 1.54) is 18.2 Å². The molecule has 2 heterocycles. The van der Waals surface area contributed by atoms with Gasteiger partial charge < -0.3 is 19.1 Å². The summed E-state index contributed by atoms with van der Waals surface area (Å²) in [4.78, 5) is 29.3. The number of benzene rings is 1. The Morgan fingerprint density at radius 3 is 2.55 bits per heavy atom. The predicted octanol–water partition coefficient (Wildman–Crippen LogP) is 4.38. The first-order chi connectivity index (χ1) is 15.8. The first-order valence-corrected chi connectivity index (χ1v) is 10.7. The van der Waals surface area contributed by atoms with Gasteiger partial charge in [-0.3, -0.25) is 4.79 Å². The van der Waals surface area contributed by atoms with Crippen molar-refractivity contribution in [1.29, 1.82) is 0 Å². The lowest BCUT2D eigenvalue weighted by Crippen LogP contribution is -2.24. The molecule has 33 heavy (non-hydrogen) atoms. The molecule has 3 rings (SSSR count). The summed E-state index contributed by atoms with van der Waals surface area (Å²) in [5.41, 5.74) is 3.36. The molecule has 2 aromatic heterocycles. The van der Waals surface area contributed by atoms with Crippen molar-refractivity contribution in [2.24, 2.45) is 0 Å². The van der Waals surface area contributed by atoms with Crippen LogP contribution in [-0.4, -0.2) is 33.2 Å². The highest BCUT2D eigenvalue weighted by Crippen LogP contribution is 2.25. The van der Waals surface area contributed by atoms with E-state index in [2.05, 4.69) is 15.5 Å². The molecule has 0 saturated heterocycles. The molecule has 1 unspecified atom stereocenters. The zero-order valence-electron chi connectivity index (χ0n) is 19.3. The van der Waals surface area contributed by atoms with Crippen molar-refractivity contribution < 1.29 is 23.2 Å². The van der Waals surface area contributed by atoms with Crippen molar-refractivity contribution in [3.05, 3.63) is 64.6 Å². The fourth-order valence-electron chi connectivity index (χ4n) is 3.66. The van der Waals surface area contributed by atoms with Gasteiger partial charge in [0.05, 0.1) is 12.2 Å². The predicted molar refractivity (Wildman–Crippen MR) is 121 cm³/mol. The Balaban J connectivity index is 1.75. The second-order valence-electron chi connectivity index (χ2n) is 7.45. The van der Waals surface area contributed by atoms with Crippen LogP contribution in [0.25, 0.3) is 17.5 Å². The molecule has 0 aliphatic carbocycles. The minimum atomic E-state index is -0.559. The van der Waals surface area contributed by atoms with Crippen molar-refractivity contribution in [3.8, 4) is 11.4 Å². The average molecular weight is 455 g/mol. The zero-order chi connectivity index (χ0) is 24.1. The maximum Gasteiger partial charge on any atom is 0.340 e. The van der Waals surface area contributed by atoms with E-state index < -0.39 is 12.0 Å². The molecule has 0 fully saturated rings. The van der Waals surface area contributed by atoms with Gasteiger partial charge >= 0.3 is 5.97 Å². The number of hydrogen-bond donors (Lipinski definition) is 1. The number of aromatic nitrogens is 3. The number of ether oxygens (including phenoxy) is 1. The molecule has 0 radical (unpaired) electrons. The summed E-state index contributed by atoms with van der Waals surface area (Å²) >= 11 is 0. The highest BCUT2D eigenvalue weighted by molar-refractivity contribution is 5.98. The number of rotatable bonds is 8. The Morgan fingerprint density at radius 2 is 1.91 bits per heavy atom. The van der Waals surface area contributed by atoms with Gasteiger partial charge in [0, 0.05) is 35.1 Å². The number of halogens is 1. The van der Waals surface area contributed by atoms with E-state index in [9.17, 15) is 14.0 Å². The Bertz CT molecular complexity index is 1180.